The highest BCUT2D eigenvalue weighted by Gasteiger charge is 2.08. The van der Waals surface area contributed by atoms with E-state index in [9.17, 15) is 0 Å². The van der Waals surface area contributed by atoms with Crippen LogP contribution in [0, 0.1) is 11.3 Å². The van der Waals surface area contributed by atoms with Crippen molar-refractivity contribution in [3.05, 3.63) is 58.6 Å². The number of halogens is 1. The Bertz CT molecular complexity index is 848. The van der Waals surface area contributed by atoms with Gasteiger partial charge >= 0.3 is 0 Å². The molecule has 3 aromatic rings. The minimum Gasteiger partial charge on any atom is -0.486 e. The lowest BCUT2D eigenvalue weighted by Crippen LogP contribution is -2.01. The standard InChI is InChI=1S/C16H12BrN3O/c1-20-10-19-8-13(20)9-21-15-5-3-12-6-11(7-18)2-4-14(12)16(15)17/h2-6,8,10H,9H2,1H3. The van der Waals surface area contributed by atoms with Crippen molar-refractivity contribution in [2.75, 3.05) is 0 Å². The largest absolute Gasteiger partial charge is 0.486 e. The molecule has 1 heterocycles. The van der Waals surface area contributed by atoms with Gasteiger partial charge in [-0.05, 0) is 44.9 Å². The highest BCUT2D eigenvalue weighted by molar-refractivity contribution is 9.10. The van der Waals surface area contributed by atoms with Gasteiger partial charge in [0.05, 0.1) is 34.3 Å². The molecule has 0 unspecified atom stereocenters. The summed E-state index contributed by atoms with van der Waals surface area (Å²) in [6.07, 6.45) is 3.53. The molecule has 0 bridgehead atoms. The predicted molar refractivity (Wildman–Crippen MR) is 83.9 cm³/mol. The Morgan fingerprint density at radius 1 is 1.33 bits per heavy atom. The van der Waals surface area contributed by atoms with Gasteiger partial charge in [-0.2, -0.15) is 5.26 Å². The average Bonchev–Trinajstić information content (AvgIpc) is 2.91. The van der Waals surface area contributed by atoms with Gasteiger partial charge in [0.15, 0.2) is 0 Å². The summed E-state index contributed by atoms with van der Waals surface area (Å²) in [6.45, 7) is 0.455. The number of nitrogens with zero attached hydrogens (tertiary/aromatic N) is 3. The van der Waals surface area contributed by atoms with Gasteiger partial charge in [0.25, 0.3) is 0 Å². The molecule has 0 saturated heterocycles. The second-order valence-electron chi connectivity index (χ2n) is 4.71. The highest BCUT2D eigenvalue weighted by atomic mass is 79.9. The molecule has 0 N–H and O–H groups in total. The SMILES string of the molecule is Cn1cncc1COc1ccc2cc(C#N)ccc2c1Br. The molecule has 0 aliphatic carbocycles. The summed E-state index contributed by atoms with van der Waals surface area (Å²) < 4.78 is 8.67. The molecule has 104 valence electrons. The fraction of sp³-hybridized carbons (Fsp3) is 0.125. The lowest BCUT2D eigenvalue weighted by Gasteiger charge is -2.10. The Balaban J connectivity index is 1.91. The maximum atomic E-state index is 8.94. The molecule has 5 heteroatoms. The molecule has 4 nitrogen and oxygen atoms in total. The van der Waals surface area contributed by atoms with Crippen molar-refractivity contribution in [1.29, 1.82) is 5.26 Å². The number of hydrogen-bond acceptors (Lipinski definition) is 3. The molecule has 0 spiro atoms. The number of nitriles is 1. The maximum absolute atomic E-state index is 8.94. The Morgan fingerprint density at radius 3 is 2.90 bits per heavy atom. The molecule has 0 aliphatic rings. The Kier molecular flexibility index (Phi) is 3.63. The third-order valence-electron chi connectivity index (χ3n) is 3.34. The monoisotopic (exact) mass is 341 g/mol. The molecule has 2 aromatic carbocycles. The van der Waals surface area contributed by atoms with Gasteiger partial charge < -0.3 is 9.30 Å². The van der Waals surface area contributed by atoms with Crippen LogP contribution in [0.5, 0.6) is 5.75 Å². The van der Waals surface area contributed by atoms with Gasteiger partial charge in [-0.25, -0.2) is 4.98 Å². The van der Waals surface area contributed by atoms with Gasteiger partial charge in [-0.15, -0.1) is 0 Å². The first-order chi connectivity index (χ1) is 10.2. The van der Waals surface area contributed by atoms with Crippen LogP contribution >= 0.6 is 15.9 Å². The highest BCUT2D eigenvalue weighted by Crippen LogP contribution is 2.34. The van der Waals surface area contributed by atoms with Crippen molar-refractivity contribution >= 4 is 26.7 Å². The van der Waals surface area contributed by atoms with Crippen LogP contribution < -0.4 is 4.74 Å². The van der Waals surface area contributed by atoms with Gasteiger partial charge in [-0.1, -0.05) is 12.1 Å². The van der Waals surface area contributed by atoms with Crippen LogP contribution in [-0.2, 0) is 13.7 Å². The summed E-state index contributed by atoms with van der Waals surface area (Å²) in [7, 11) is 1.94. The number of aryl methyl sites for hydroxylation is 1. The van der Waals surface area contributed by atoms with E-state index in [-0.39, 0.29) is 0 Å². The van der Waals surface area contributed by atoms with Crippen molar-refractivity contribution in [3.63, 3.8) is 0 Å². The molecular formula is C16H12BrN3O. The first-order valence-corrected chi connectivity index (χ1v) is 7.18. The summed E-state index contributed by atoms with van der Waals surface area (Å²) >= 11 is 3.58. The van der Waals surface area contributed by atoms with Gasteiger partial charge in [0.1, 0.15) is 12.4 Å². The summed E-state index contributed by atoms with van der Waals surface area (Å²) in [5.74, 6) is 0.772. The van der Waals surface area contributed by atoms with Crippen LogP contribution in [0.1, 0.15) is 11.3 Å². The van der Waals surface area contributed by atoms with Crippen LogP contribution in [0.3, 0.4) is 0 Å². The minimum atomic E-state index is 0.455. The van der Waals surface area contributed by atoms with E-state index in [1.54, 1.807) is 18.6 Å². The molecule has 3 rings (SSSR count). The van der Waals surface area contributed by atoms with E-state index in [0.717, 1.165) is 26.7 Å². The second kappa shape index (κ2) is 5.58. The third kappa shape index (κ3) is 2.63. The van der Waals surface area contributed by atoms with Crippen molar-refractivity contribution in [2.24, 2.45) is 7.05 Å². The van der Waals surface area contributed by atoms with Crippen molar-refractivity contribution in [1.82, 2.24) is 9.55 Å². The van der Waals surface area contributed by atoms with Gasteiger partial charge in [-0.3, -0.25) is 0 Å². The number of ether oxygens (including phenoxy) is 1. The van der Waals surface area contributed by atoms with Gasteiger partial charge in [0, 0.05) is 7.05 Å². The van der Waals surface area contributed by atoms with Crippen LogP contribution in [0.2, 0.25) is 0 Å². The number of aromatic nitrogens is 2. The maximum Gasteiger partial charge on any atom is 0.134 e. The fourth-order valence-electron chi connectivity index (χ4n) is 2.13. The molecule has 0 fully saturated rings. The summed E-state index contributed by atoms with van der Waals surface area (Å²) in [5.41, 5.74) is 1.65. The molecule has 0 amide bonds. The molecule has 0 aliphatic heterocycles. The Morgan fingerprint density at radius 2 is 2.19 bits per heavy atom. The minimum absolute atomic E-state index is 0.455. The number of fused-ring (bicyclic) bond motifs is 1. The Hall–Kier alpha value is -2.32. The first-order valence-electron chi connectivity index (χ1n) is 6.39. The number of benzene rings is 2. The summed E-state index contributed by atoms with van der Waals surface area (Å²) in [4.78, 5) is 4.07. The zero-order chi connectivity index (χ0) is 14.8. The van der Waals surface area contributed by atoms with Gasteiger partial charge in [0.2, 0.25) is 0 Å². The number of hydrogen-bond donors (Lipinski definition) is 0. The topological polar surface area (TPSA) is 50.8 Å². The number of imidazole rings is 1. The van der Waals surface area contributed by atoms with E-state index in [4.69, 9.17) is 10.00 Å². The molecule has 0 radical (unpaired) electrons. The average molecular weight is 342 g/mol. The van der Waals surface area contributed by atoms with E-state index in [0.29, 0.717) is 12.2 Å². The molecule has 0 saturated carbocycles. The Labute approximate surface area is 130 Å². The van der Waals surface area contributed by atoms with Crippen LogP contribution in [0.4, 0.5) is 0 Å². The fourth-order valence-corrected chi connectivity index (χ4v) is 2.74. The van der Waals surface area contributed by atoms with Crippen molar-refractivity contribution < 1.29 is 4.74 Å². The third-order valence-corrected chi connectivity index (χ3v) is 4.16. The lowest BCUT2D eigenvalue weighted by atomic mass is 10.1. The predicted octanol–water partition coefficient (Wildman–Crippen LogP) is 3.79. The number of rotatable bonds is 3. The van der Waals surface area contributed by atoms with E-state index in [1.165, 1.54) is 0 Å². The van der Waals surface area contributed by atoms with Crippen LogP contribution in [0.25, 0.3) is 10.8 Å². The summed E-state index contributed by atoms with van der Waals surface area (Å²) in [5, 5.41) is 11.0. The first kappa shape index (κ1) is 13.7. The van der Waals surface area contributed by atoms with E-state index in [2.05, 4.69) is 27.0 Å². The zero-order valence-electron chi connectivity index (χ0n) is 11.4. The smallest absolute Gasteiger partial charge is 0.134 e. The van der Waals surface area contributed by atoms with E-state index in [1.807, 2.05) is 35.9 Å². The molecule has 21 heavy (non-hydrogen) atoms. The normalized spacial score (nSPS) is 10.5. The summed E-state index contributed by atoms with van der Waals surface area (Å²) in [6, 6.07) is 11.6. The molecule has 1 aromatic heterocycles. The second-order valence-corrected chi connectivity index (χ2v) is 5.50. The van der Waals surface area contributed by atoms with Crippen molar-refractivity contribution in [3.8, 4) is 11.8 Å². The van der Waals surface area contributed by atoms with Crippen LogP contribution in [-0.4, -0.2) is 9.55 Å². The zero-order valence-corrected chi connectivity index (χ0v) is 13.0. The van der Waals surface area contributed by atoms with E-state index >= 15 is 0 Å². The molecular weight excluding hydrogens is 330 g/mol. The van der Waals surface area contributed by atoms with E-state index < -0.39 is 0 Å². The lowest BCUT2D eigenvalue weighted by molar-refractivity contribution is 0.295. The van der Waals surface area contributed by atoms with Crippen LogP contribution in [0.15, 0.2) is 47.3 Å². The van der Waals surface area contributed by atoms with Crippen molar-refractivity contribution in [2.45, 2.75) is 6.61 Å². The molecule has 0 atom stereocenters. The quantitative estimate of drug-likeness (QED) is 0.728.